The molecule has 2 amide bonds. The Kier molecular flexibility index (Phi) is 7.31. The summed E-state index contributed by atoms with van der Waals surface area (Å²) in [4.78, 5) is 34.4. The van der Waals surface area contributed by atoms with Gasteiger partial charge in [-0.05, 0) is 25.7 Å². The van der Waals surface area contributed by atoms with Crippen LogP contribution in [0.2, 0.25) is 0 Å². The number of carboxylic acids is 1. The van der Waals surface area contributed by atoms with Crippen molar-refractivity contribution in [3.8, 4) is 0 Å². The third-order valence-corrected chi connectivity index (χ3v) is 4.24. The molecule has 1 aliphatic carbocycles. The normalized spacial score (nSPS) is 24.1. The van der Waals surface area contributed by atoms with E-state index in [2.05, 4.69) is 17.6 Å². The molecule has 7 heteroatoms. The third kappa shape index (κ3) is 5.63. The van der Waals surface area contributed by atoms with Gasteiger partial charge in [-0.1, -0.05) is 26.2 Å². The smallest absolute Gasteiger partial charge is 0.305 e. The number of carbonyl (C=O) groups is 3. The predicted molar refractivity (Wildman–Crippen MR) is 82.0 cm³/mol. The Hall–Kier alpha value is -1.63. The molecule has 5 N–H and O–H groups in total. The maximum Gasteiger partial charge on any atom is 0.305 e. The molecule has 0 heterocycles. The standard InChI is InChI=1S/C15H27N3O4/c1-3-10-6-4-5-7-12(10)18-14(21)9(2)17-15(22)11(16)8-13(19)20/h9-12H,3-8,16H2,1-2H3,(H,17,22)(H,18,21)(H,19,20)/t9-,10?,11+,12?/m1/s1. The second kappa shape index (κ2) is 8.73. The summed E-state index contributed by atoms with van der Waals surface area (Å²) in [5.41, 5.74) is 5.47. The second-order valence-corrected chi connectivity index (χ2v) is 6.00. The number of hydrogen-bond acceptors (Lipinski definition) is 4. The molecule has 1 fully saturated rings. The van der Waals surface area contributed by atoms with Gasteiger partial charge in [0.05, 0.1) is 12.5 Å². The van der Waals surface area contributed by atoms with Crippen molar-refractivity contribution in [2.75, 3.05) is 0 Å². The summed E-state index contributed by atoms with van der Waals surface area (Å²) in [6, 6.07) is -1.73. The minimum absolute atomic E-state index is 0.151. The summed E-state index contributed by atoms with van der Waals surface area (Å²) < 4.78 is 0. The molecule has 1 saturated carbocycles. The lowest BCUT2D eigenvalue weighted by Crippen LogP contribution is -2.53. The van der Waals surface area contributed by atoms with E-state index < -0.39 is 30.4 Å². The van der Waals surface area contributed by atoms with Crippen LogP contribution in [0.1, 0.15) is 52.4 Å². The van der Waals surface area contributed by atoms with Crippen molar-refractivity contribution in [2.45, 2.75) is 70.5 Å². The third-order valence-electron chi connectivity index (χ3n) is 4.24. The topological polar surface area (TPSA) is 122 Å². The fraction of sp³-hybridized carbons (Fsp3) is 0.800. The first-order chi connectivity index (χ1) is 10.3. The van der Waals surface area contributed by atoms with Crippen LogP contribution in [-0.2, 0) is 14.4 Å². The monoisotopic (exact) mass is 313 g/mol. The quantitative estimate of drug-likeness (QED) is 0.541. The van der Waals surface area contributed by atoms with Crippen molar-refractivity contribution < 1.29 is 19.5 Å². The average Bonchev–Trinajstić information content (AvgIpc) is 2.46. The van der Waals surface area contributed by atoms with Crippen LogP contribution in [0, 0.1) is 5.92 Å². The van der Waals surface area contributed by atoms with Crippen molar-refractivity contribution in [3.63, 3.8) is 0 Å². The molecule has 22 heavy (non-hydrogen) atoms. The molecule has 4 atom stereocenters. The zero-order valence-electron chi connectivity index (χ0n) is 13.3. The number of amides is 2. The number of aliphatic carboxylic acids is 1. The molecule has 1 aliphatic rings. The molecule has 0 aliphatic heterocycles. The summed E-state index contributed by atoms with van der Waals surface area (Å²) in [5, 5.41) is 14.1. The van der Waals surface area contributed by atoms with E-state index in [0.29, 0.717) is 5.92 Å². The number of hydrogen-bond donors (Lipinski definition) is 4. The van der Waals surface area contributed by atoms with E-state index in [9.17, 15) is 14.4 Å². The molecule has 0 saturated heterocycles. The van der Waals surface area contributed by atoms with E-state index in [4.69, 9.17) is 10.8 Å². The van der Waals surface area contributed by atoms with Crippen LogP contribution in [0.3, 0.4) is 0 Å². The lowest BCUT2D eigenvalue weighted by atomic mass is 9.83. The fourth-order valence-corrected chi connectivity index (χ4v) is 2.86. The van der Waals surface area contributed by atoms with E-state index >= 15 is 0 Å². The molecular weight excluding hydrogens is 286 g/mol. The number of nitrogens with two attached hydrogens (primary N) is 1. The Morgan fingerprint density at radius 3 is 2.45 bits per heavy atom. The lowest BCUT2D eigenvalue weighted by molar-refractivity contribution is -0.139. The average molecular weight is 313 g/mol. The Bertz CT molecular complexity index is 414. The highest BCUT2D eigenvalue weighted by atomic mass is 16.4. The minimum atomic E-state index is -1.15. The highest BCUT2D eigenvalue weighted by molar-refractivity contribution is 5.91. The highest BCUT2D eigenvalue weighted by Crippen LogP contribution is 2.26. The maximum atomic E-state index is 12.2. The summed E-state index contributed by atoms with van der Waals surface area (Å²) >= 11 is 0. The summed E-state index contributed by atoms with van der Waals surface area (Å²) in [6.07, 6.45) is 4.94. The van der Waals surface area contributed by atoms with Gasteiger partial charge in [0.1, 0.15) is 6.04 Å². The highest BCUT2D eigenvalue weighted by Gasteiger charge is 2.28. The molecule has 0 aromatic heterocycles. The van der Waals surface area contributed by atoms with Crippen LogP contribution in [0.5, 0.6) is 0 Å². The van der Waals surface area contributed by atoms with Gasteiger partial charge in [0.25, 0.3) is 0 Å². The zero-order valence-corrected chi connectivity index (χ0v) is 13.3. The molecule has 0 radical (unpaired) electrons. The van der Waals surface area contributed by atoms with Gasteiger partial charge < -0.3 is 21.5 Å². The van der Waals surface area contributed by atoms with Crippen LogP contribution in [0.4, 0.5) is 0 Å². The van der Waals surface area contributed by atoms with Crippen molar-refractivity contribution >= 4 is 17.8 Å². The van der Waals surface area contributed by atoms with E-state index in [1.54, 1.807) is 6.92 Å². The molecule has 7 nitrogen and oxygen atoms in total. The van der Waals surface area contributed by atoms with Crippen LogP contribution < -0.4 is 16.4 Å². The van der Waals surface area contributed by atoms with Gasteiger partial charge >= 0.3 is 5.97 Å². The number of carboxylic acid groups (broad SMARTS) is 1. The molecule has 0 bridgehead atoms. The van der Waals surface area contributed by atoms with Gasteiger partial charge in [-0.15, -0.1) is 0 Å². The van der Waals surface area contributed by atoms with Crippen molar-refractivity contribution in [1.82, 2.24) is 10.6 Å². The Balaban J connectivity index is 2.47. The van der Waals surface area contributed by atoms with Gasteiger partial charge in [0.2, 0.25) is 11.8 Å². The molecule has 126 valence electrons. The van der Waals surface area contributed by atoms with Gasteiger partial charge in [-0.2, -0.15) is 0 Å². The van der Waals surface area contributed by atoms with Crippen molar-refractivity contribution in [1.29, 1.82) is 0 Å². The van der Waals surface area contributed by atoms with E-state index in [1.165, 1.54) is 6.42 Å². The van der Waals surface area contributed by atoms with Gasteiger partial charge in [0, 0.05) is 6.04 Å². The number of rotatable bonds is 7. The SMILES string of the molecule is CCC1CCCCC1NC(=O)[C@@H](C)NC(=O)[C@@H](N)CC(=O)O. The van der Waals surface area contributed by atoms with Crippen LogP contribution >= 0.6 is 0 Å². The molecular formula is C15H27N3O4. The second-order valence-electron chi connectivity index (χ2n) is 6.00. The predicted octanol–water partition coefficient (Wildman–Crippen LogP) is 0.378. The van der Waals surface area contributed by atoms with Gasteiger partial charge in [-0.25, -0.2) is 0 Å². The first kappa shape index (κ1) is 18.4. The molecule has 0 aromatic carbocycles. The summed E-state index contributed by atoms with van der Waals surface area (Å²) in [5.74, 6) is -1.54. The van der Waals surface area contributed by atoms with Gasteiger partial charge in [-0.3, -0.25) is 14.4 Å². The number of nitrogens with one attached hydrogen (secondary N) is 2. The fourth-order valence-electron chi connectivity index (χ4n) is 2.86. The van der Waals surface area contributed by atoms with Crippen molar-refractivity contribution in [2.24, 2.45) is 11.7 Å². The van der Waals surface area contributed by atoms with Crippen LogP contribution in [-0.4, -0.2) is 41.0 Å². The molecule has 1 rings (SSSR count). The Labute approximate surface area is 131 Å². The first-order valence-electron chi connectivity index (χ1n) is 7.93. The minimum Gasteiger partial charge on any atom is -0.481 e. The Morgan fingerprint density at radius 1 is 1.23 bits per heavy atom. The van der Waals surface area contributed by atoms with E-state index in [0.717, 1.165) is 25.7 Å². The largest absolute Gasteiger partial charge is 0.481 e. The summed E-state index contributed by atoms with van der Waals surface area (Å²) in [6.45, 7) is 3.69. The van der Waals surface area contributed by atoms with E-state index in [-0.39, 0.29) is 11.9 Å². The maximum absolute atomic E-state index is 12.2. The first-order valence-corrected chi connectivity index (χ1v) is 7.93. The molecule has 0 aromatic rings. The van der Waals surface area contributed by atoms with Gasteiger partial charge in [0.15, 0.2) is 0 Å². The molecule has 2 unspecified atom stereocenters. The summed E-state index contributed by atoms with van der Waals surface area (Å²) in [7, 11) is 0. The van der Waals surface area contributed by atoms with Crippen LogP contribution in [0.15, 0.2) is 0 Å². The number of carbonyl (C=O) groups excluding carboxylic acids is 2. The Morgan fingerprint density at radius 2 is 1.86 bits per heavy atom. The molecule has 0 spiro atoms. The van der Waals surface area contributed by atoms with E-state index in [1.807, 2.05) is 0 Å². The zero-order chi connectivity index (χ0) is 16.7. The van der Waals surface area contributed by atoms with Crippen molar-refractivity contribution in [3.05, 3.63) is 0 Å². The van der Waals surface area contributed by atoms with Crippen LogP contribution in [0.25, 0.3) is 0 Å². The lowest BCUT2D eigenvalue weighted by Gasteiger charge is -2.32.